The van der Waals surface area contributed by atoms with Crippen LogP contribution in [0.2, 0.25) is 0 Å². The number of benzene rings is 2. The Morgan fingerprint density at radius 3 is 2.31 bits per heavy atom. The van der Waals surface area contributed by atoms with Crippen LogP contribution in [0.4, 0.5) is 5.69 Å². The van der Waals surface area contributed by atoms with Crippen molar-refractivity contribution >= 4 is 33.4 Å². The number of hydrogen-bond acceptors (Lipinski definition) is 8. The minimum Gasteiger partial charge on any atom is -0.497 e. The van der Waals surface area contributed by atoms with Crippen molar-refractivity contribution in [3.63, 3.8) is 0 Å². The molecule has 2 aromatic carbocycles. The van der Waals surface area contributed by atoms with Crippen molar-refractivity contribution in [3.8, 4) is 17.2 Å². The van der Waals surface area contributed by atoms with E-state index < -0.39 is 10.0 Å². The summed E-state index contributed by atoms with van der Waals surface area (Å²) < 4.78 is 37.1. The van der Waals surface area contributed by atoms with Crippen LogP contribution in [0.15, 0.2) is 63.1 Å². The van der Waals surface area contributed by atoms with Crippen LogP contribution in [0.1, 0.15) is 13.8 Å². The van der Waals surface area contributed by atoms with Crippen LogP contribution in [-0.4, -0.2) is 54.8 Å². The quantitative estimate of drug-likeness (QED) is 0.442. The fraction of sp³-hybridized carbons (Fsp3) is 0.286. The van der Waals surface area contributed by atoms with Crippen LogP contribution in [0, 0.1) is 0 Å². The maximum Gasteiger partial charge on any atom is 0.277 e. The highest BCUT2D eigenvalue weighted by Gasteiger charge is 2.21. The van der Waals surface area contributed by atoms with Gasteiger partial charge in [0.1, 0.15) is 5.75 Å². The summed E-state index contributed by atoms with van der Waals surface area (Å²) in [5.41, 5.74) is 1.24. The van der Waals surface area contributed by atoms with Crippen LogP contribution >= 0.6 is 11.8 Å². The maximum atomic E-state index is 12.5. The van der Waals surface area contributed by atoms with Gasteiger partial charge in [-0.15, -0.1) is 10.2 Å². The van der Waals surface area contributed by atoms with Gasteiger partial charge >= 0.3 is 0 Å². The zero-order valence-corrected chi connectivity index (χ0v) is 19.6. The summed E-state index contributed by atoms with van der Waals surface area (Å²) in [6, 6.07) is 13.3. The molecule has 0 aliphatic rings. The van der Waals surface area contributed by atoms with Crippen molar-refractivity contribution < 1.29 is 22.4 Å². The molecule has 0 fully saturated rings. The molecule has 0 unspecified atom stereocenters. The molecule has 0 radical (unpaired) electrons. The first-order valence-electron chi connectivity index (χ1n) is 9.88. The maximum absolute atomic E-state index is 12.5. The van der Waals surface area contributed by atoms with Gasteiger partial charge in [-0.05, 0) is 48.5 Å². The number of ether oxygens (including phenoxy) is 1. The average Bonchev–Trinajstić information content (AvgIpc) is 3.28. The van der Waals surface area contributed by atoms with Gasteiger partial charge in [-0.25, -0.2) is 8.42 Å². The standard InChI is InChI=1S/C21H24N4O5S2/c1-4-25(5-2)32(27,28)18-12-8-16(9-13-18)22-19(26)14-31-21-24-23-20(30-21)15-6-10-17(29-3)11-7-15/h6-13H,4-5,14H2,1-3H3,(H,22,26). The van der Waals surface area contributed by atoms with Gasteiger partial charge in [0, 0.05) is 24.3 Å². The van der Waals surface area contributed by atoms with Gasteiger partial charge in [-0.2, -0.15) is 4.31 Å². The smallest absolute Gasteiger partial charge is 0.277 e. The third kappa shape index (κ3) is 5.67. The van der Waals surface area contributed by atoms with E-state index in [1.54, 1.807) is 57.4 Å². The Hall–Kier alpha value is -2.89. The molecule has 11 heteroatoms. The normalized spacial score (nSPS) is 11.5. The first-order chi connectivity index (χ1) is 15.4. The van der Waals surface area contributed by atoms with Crippen molar-refractivity contribution in [1.29, 1.82) is 0 Å². The third-order valence-corrected chi connectivity index (χ3v) is 7.43. The van der Waals surface area contributed by atoms with Crippen LogP contribution in [0.25, 0.3) is 11.5 Å². The Morgan fingerprint density at radius 2 is 1.72 bits per heavy atom. The fourth-order valence-corrected chi connectivity index (χ4v) is 4.89. The summed E-state index contributed by atoms with van der Waals surface area (Å²) in [6.45, 7) is 4.36. The summed E-state index contributed by atoms with van der Waals surface area (Å²) >= 11 is 1.11. The van der Waals surface area contributed by atoms with Crippen molar-refractivity contribution in [1.82, 2.24) is 14.5 Å². The SMILES string of the molecule is CCN(CC)S(=O)(=O)c1ccc(NC(=O)CSc2nnc(-c3ccc(OC)cc3)o2)cc1. The number of rotatable bonds is 10. The van der Waals surface area contributed by atoms with E-state index in [1.165, 1.54) is 16.4 Å². The molecule has 1 aromatic heterocycles. The number of aromatic nitrogens is 2. The monoisotopic (exact) mass is 476 g/mol. The van der Waals surface area contributed by atoms with Gasteiger partial charge in [-0.3, -0.25) is 4.79 Å². The number of hydrogen-bond donors (Lipinski definition) is 1. The number of methoxy groups -OCH3 is 1. The molecule has 0 atom stereocenters. The lowest BCUT2D eigenvalue weighted by atomic mass is 10.2. The third-order valence-electron chi connectivity index (χ3n) is 4.55. The van der Waals surface area contributed by atoms with E-state index in [1.807, 2.05) is 0 Å². The number of nitrogens with zero attached hydrogens (tertiary/aromatic N) is 3. The lowest BCUT2D eigenvalue weighted by Gasteiger charge is -2.18. The lowest BCUT2D eigenvalue weighted by molar-refractivity contribution is -0.113. The predicted octanol–water partition coefficient (Wildman–Crippen LogP) is 3.51. The van der Waals surface area contributed by atoms with Gasteiger partial charge in [0.25, 0.3) is 5.22 Å². The van der Waals surface area contributed by atoms with Crippen molar-refractivity contribution in [3.05, 3.63) is 48.5 Å². The number of carbonyl (C=O) groups excluding carboxylic acids is 1. The first-order valence-corrected chi connectivity index (χ1v) is 12.3. The number of carbonyl (C=O) groups is 1. The largest absolute Gasteiger partial charge is 0.497 e. The molecule has 1 amide bonds. The van der Waals surface area contributed by atoms with Crippen molar-refractivity contribution in [2.24, 2.45) is 0 Å². The second kappa shape index (κ2) is 10.6. The molecule has 1 heterocycles. The molecule has 0 aliphatic heterocycles. The van der Waals surface area contributed by atoms with Gasteiger partial charge in [0.05, 0.1) is 17.8 Å². The summed E-state index contributed by atoms with van der Waals surface area (Å²) in [5, 5.41) is 10.9. The molecule has 3 aromatic rings. The van der Waals surface area contributed by atoms with E-state index in [0.717, 1.165) is 23.1 Å². The van der Waals surface area contributed by atoms with Crippen LogP contribution in [0.3, 0.4) is 0 Å². The highest BCUT2D eigenvalue weighted by atomic mass is 32.2. The van der Waals surface area contributed by atoms with Crippen molar-refractivity contribution in [2.75, 3.05) is 31.3 Å². The second-order valence-electron chi connectivity index (χ2n) is 6.55. The molecule has 9 nitrogen and oxygen atoms in total. The number of thioether (sulfide) groups is 1. The van der Waals surface area contributed by atoms with Crippen LogP contribution in [0.5, 0.6) is 5.75 Å². The van der Waals surface area contributed by atoms with E-state index in [0.29, 0.717) is 24.7 Å². The Morgan fingerprint density at radius 1 is 1.06 bits per heavy atom. The number of anilines is 1. The van der Waals surface area contributed by atoms with Crippen LogP contribution < -0.4 is 10.1 Å². The molecule has 1 N–H and O–H groups in total. The average molecular weight is 477 g/mol. The fourth-order valence-electron chi connectivity index (χ4n) is 2.87. The molecule has 3 rings (SSSR count). The van der Waals surface area contributed by atoms with Gasteiger partial charge in [-0.1, -0.05) is 25.6 Å². The van der Waals surface area contributed by atoms with E-state index in [4.69, 9.17) is 9.15 Å². The summed E-state index contributed by atoms with van der Waals surface area (Å²) in [7, 11) is -1.95. The molecule has 170 valence electrons. The minimum absolute atomic E-state index is 0.0593. The zero-order chi connectivity index (χ0) is 23.1. The topological polar surface area (TPSA) is 115 Å². The molecule has 0 bridgehead atoms. The Kier molecular flexibility index (Phi) is 7.89. The van der Waals surface area contributed by atoms with Crippen molar-refractivity contribution in [2.45, 2.75) is 24.0 Å². The molecule has 32 heavy (non-hydrogen) atoms. The molecule has 0 spiro atoms. The van der Waals surface area contributed by atoms with Gasteiger partial charge in [0.2, 0.25) is 21.8 Å². The number of sulfonamides is 1. The van der Waals surface area contributed by atoms with Gasteiger partial charge < -0.3 is 14.5 Å². The second-order valence-corrected chi connectivity index (χ2v) is 9.42. The van der Waals surface area contributed by atoms with Crippen LogP contribution in [-0.2, 0) is 14.8 Å². The molecular formula is C21H24N4O5S2. The summed E-state index contributed by atoms with van der Waals surface area (Å²) in [4.78, 5) is 12.4. The first kappa shape index (κ1) is 23.8. The highest BCUT2D eigenvalue weighted by Crippen LogP contribution is 2.25. The zero-order valence-electron chi connectivity index (χ0n) is 17.9. The Bertz CT molecular complexity index is 1140. The molecule has 0 aliphatic carbocycles. The Labute approximate surface area is 191 Å². The molecule has 0 saturated heterocycles. The predicted molar refractivity (Wildman–Crippen MR) is 122 cm³/mol. The number of nitrogens with one attached hydrogen (secondary N) is 1. The summed E-state index contributed by atoms with van der Waals surface area (Å²) in [6.07, 6.45) is 0. The van der Waals surface area contributed by atoms with Gasteiger partial charge in [0.15, 0.2) is 0 Å². The van der Waals surface area contributed by atoms with E-state index >= 15 is 0 Å². The number of amides is 1. The van der Waals surface area contributed by atoms with E-state index in [-0.39, 0.29) is 21.8 Å². The molecular weight excluding hydrogens is 452 g/mol. The van der Waals surface area contributed by atoms with E-state index in [9.17, 15) is 13.2 Å². The van der Waals surface area contributed by atoms with E-state index in [2.05, 4.69) is 15.5 Å². The highest BCUT2D eigenvalue weighted by molar-refractivity contribution is 7.99. The molecule has 0 saturated carbocycles. The minimum atomic E-state index is -3.54. The Balaban J connectivity index is 1.55. The summed E-state index contributed by atoms with van der Waals surface area (Å²) in [5.74, 6) is 0.848. The lowest BCUT2D eigenvalue weighted by Crippen LogP contribution is -2.30.